The molecule has 0 aliphatic heterocycles. The summed E-state index contributed by atoms with van der Waals surface area (Å²) < 4.78 is 0. The van der Waals surface area contributed by atoms with Crippen LogP contribution in [0, 0.1) is 11.3 Å². The molecule has 5 heteroatoms. The summed E-state index contributed by atoms with van der Waals surface area (Å²) in [6.45, 7) is 15.7. The van der Waals surface area contributed by atoms with E-state index in [1.807, 2.05) is 0 Å². The molecule has 5 nitrogen and oxygen atoms in total. The lowest BCUT2D eigenvalue weighted by molar-refractivity contribution is -0.171. The molecule has 0 fully saturated rings. The zero-order valence-electron chi connectivity index (χ0n) is 22.5. The van der Waals surface area contributed by atoms with Crippen molar-refractivity contribution in [3.8, 4) is 0 Å². The molecule has 0 spiro atoms. The molecule has 2 unspecified atom stereocenters. The number of unbranched alkanes of at least 4 members (excludes halogenated alkanes) is 1. The van der Waals surface area contributed by atoms with E-state index in [4.69, 9.17) is 5.73 Å². The Morgan fingerprint density at radius 1 is 0.848 bits per heavy atom. The average Bonchev–Trinajstić information content (AvgIpc) is 2.75. The second kappa shape index (κ2) is 11.6. The molecule has 1 aromatic carbocycles. The number of hydrogen-bond acceptors (Lipinski definition) is 5. The Labute approximate surface area is 202 Å². The highest BCUT2D eigenvalue weighted by Gasteiger charge is 2.54. The summed E-state index contributed by atoms with van der Waals surface area (Å²) in [6.07, 6.45) is 4.29. The smallest absolute Gasteiger partial charge is 0.103 e. The monoisotopic (exact) mass is 465 g/mol. The zero-order valence-corrected chi connectivity index (χ0v) is 22.5. The third-order valence-corrected chi connectivity index (χ3v) is 7.38. The zero-order chi connectivity index (χ0) is 25.7. The van der Waals surface area contributed by atoms with Crippen LogP contribution in [0.4, 0.5) is 0 Å². The van der Waals surface area contributed by atoms with Gasteiger partial charge in [0.2, 0.25) is 0 Å². The van der Waals surface area contributed by atoms with Gasteiger partial charge in [0.25, 0.3) is 0 Å². The van der Waals surface area contributed by atoms with E-state index in [0.717, 1.165) is 47.9 Å². The average molecular weight is 466 g/mol. The van der Waals surface area contributed by atoms with Crippen LogP contribution < -0.4 is 5.73 Å². The molecule has 6 N–H and O–H groups in total. The highest BCUT2D eigenvalue weighted by Crippen LogP contribution is 2.51. The molecule has 0 radical (unpaired) electrons. The molecular weight excluding hydrogens is 414 g/mol. The van der Waals surface area contributed by atoms with Crippen molar-refractivity contribution in [2.45, 2.75) is 110 Å². The second-order valence-electron chi connectivity index (χ2n) is 12.0. The van der Waals surface area contributed by atoms with Crippen molar-refractivity contribution in [1.82, 2.24) is 0 Å². The Kier molecular flexibility index (Phi) is 10.6. The van der Waals surface area contributed by atoms with Crippen LogP contribution in [0.15, 0.2) is 12.1 Å². The molecule has 1 aromatic rings. The maximum absolute atomic E-state index is 12.7. The van der Waals surface area contributed by atoms with Crippen molar-refractivity contribution >= 4 is 0 Å². The van der Waals surface area contributed by atoms with E-state index in [2.05, 4.69) is 67.5 Å². The molecule has 33 heavy (non-hydrogen) atoms. The molecule has 1 rings (SSSR count). The summed E-state index contributed by atoms with van der Waals surface area (Å²) in [4.78, 5) is 0. The Hall–Kier alpha value is -0.980. The first-order chi connectivity index (χ1) is 15.2. The SMILES string of the molecule is CCCCC(CC)CC(O)(c1c(C(C)(C)C)cc(CN)cc1C(C)(C)C)C(CO)(CO)CO. The quantitative estimate of drug-likeness (QED) is 0.312. The highest BCUT2D eigenvalue weighted by atomic mass is 16.3. The molecule has 0 aliphatic carbocycles. The number of aliphatic hydroxyl groups is 4. The second-order valence-corrected chi connectivity index (χ2v) is 12.0. The summed E-state index contributed by atoms with van der Waals surface area (Å²) in [5.41, 5.74) is 5.91. The fraction of sp³-hybridized carbons (Fsp3) is 0.786. The van der Waals surface area contributed by atoms with Crippen LogP contribution in [0.5, 0.6) is 0 Å². The molecule has 192 valence electrons. The molecule has 0 aliphatic rings. The number of nitrogens with two attached hydrogens (primary N) is 1. The van der Waals surface area contributed by atoms with Gasteiger partial charge in [-0.15, -0.1) is 0 Å². The van der Waals surface area contributed by atoms with Gasteiger partial charge in [-0.3, -0.25) is 0 Å². The third-order valence-electron chi connectivity index (χ3n) is 7.38. The standard InChI is InChI=1S/C28H51NO4/c1-9-11-12-20(10-2)15-28(33,27(17-30,18-31)19-32)24-22(25(3,4)5)13-21(16-29)14-23(24)26(6,7)8/h13-14,20,30-33H,9-12,15-19,29H2,1-8H3. The van der Waals surface area contributed by atoms with Crippen LogP contribution in [0.3, 0.4) is 0 Å². The minimum absolute atomic E-state index is 0.189. The van der Waals surface area contributed by atoms with Crippen molar-refractivity contribution in [3.05, 3.63) is 34.4 Å². The summed E-state index contributed by atoms with van der Waals surface area (Å²) >= 11 is 0. The summed E-state index contributed by atoms with van der Waals surface area (Å²) in [5, 5.41) is 44.3. The fourth-order valence-electron chi connectivity index (χ4n) is 4.94. The summed E-state index contributed by atoms with van der Waals surface area (Å²) in [7, 11) is 0. The maximum atomic E-state index is 12.7. The third kappa shape index (κ3) is 6.37. The Bertz CT molecular complexity index is 700. The van der Waals surface area contributed by atoms with Crippen LogP contribution in [0.25, 0.3) is 0 Å². The normalized spacial score (nSPS) is 16.0. The van der Waals surface area contributed by atoms with Crippen LogP contribution in [0.2, 0.25) is 0 Å². The summed E-state index contributed by atoms with van der Waals surface area (Å²) in [6, 6.07) is 4.11. The topological polar surface area (TPSA) is 107 Å². The lowest BCUT2D eigenvalue weighted by Crippen LogP contribution is -2.56. The van der Waals surface area contributed by atoms with Crippen LogP contribution in [-0.2, 0) is 23.0 Å². The van der Waals surface area contributed by atoms with Gasteiger partial charge in [0.15, 0.2) is 0 Å². The van der Waals surface area contributed by atoms with Gasteiger partial charge in [-0.25, -0.2) is 0 Å². The number of rotatable bonds is 12. The maximum Gasteiger partial charge on any atom is 0.103 e. The number of hydrogen-bond donors (Lipinski definition) is 5. The van der Waals surface area contributed by atoms with E-state index in [0.29, 0.717) is 13.0 Å². The Morgan fingerprint density at radius 2 is 1.30 bits per heavy atom. The van der Waals surface area contributed by atoms with E-state index in [1.54, 1.807) is 0 Å². The van der Waals surface area contributed by atoms with Crippen LogP contribution in [-0.4, -0.2) is 40.2 Å². The molecule has 0 aromatic heterocycles. The van der Waals surface area contributed by atoms with Crippen molar-refractivity contribution in [3.63, 3.8) is 0 Å². The number of aliphatic hydroxyl groups excluding tert-OH is 3. The first kappa shape index (κ1) is 30.1. The van der Waals surface area contributed by atoms with Gasteiger partial charge in [0.05, 0.1) is 25.2 Å². The summed E-state index contributed by atoms with van der Waals surface area (Å²) in [5.74, 6) is 0.189. The van der Waals surface area contributed by atoms with Crippen LogP contribution >= 0.6 is 0 Å². The van der Waals surface area contributed by atoms with Crippen molar-refractivity contribution in [1.29, 1.82) is 0 Å². The van der Waals surface area contributed by atoms with Gasteiger partial charge >= 0.3 is 0 Å². The lowest BCUT2D eigenvalue weighted by atomic mass is 9.59. The van der Waals surface area contributed by atoms with Gasteiger partial charge < -0.3 is 26.2 Å². The molecule has 0 saturated carbocycles. The molecule has 0 amide bonds. The predicted molar refractivity (Wildman–Crippen MR) is 137 cm³/mol. The molecule has 0 heterocycles. The first-order valence-corrected chi connectivity index (χ1v) is 12.6. The minimum atomic E-state index is -1.63. The largest absolute Gasteiger partial charge is 0.395 e. The molecule has 2 atom stereocenters. The lowest BCUT2D eigenvalue weighted by Gasteiger charge is -2.50. The van der Waals surface area contributed by atoms with E-state index in [9.17, 15) is 20.4 Å². The predicted octanol–water partition coefficient (Wildman–Crippen LogP) is 4.50. The first-order valence-electron chi connectivity index (χ1n) is 12.6. The van der Waals surface area contributed by atoms with E-state index in [1.165, 1.54) is 0 Å². The molecular formula is C28H51NO4. The van der Waals surface area contributed by atoms with Crippen molar-refractivity contribution in [2.75, 3.05) is 19.8 Å². The highest BCUT2D eigenvalue weighted by molar-refractivity contribution is 5.50. The Balaban J connectivity index is 4.16. The number of benzene rings is 1. The van der Waals surface area contributed by atoms with Crippen molar-refractivity contribution < 1.29 is 20.4 Å². The fourth-order valence-corrected chi connectivity index (χ4v) is 4.94. The minimum Gasteiger partial charge on any atom is -0.395 e. The molecule has 0 saturated heterocycles. The molecule has 0 bridgehead atoms. The van der Waals surface area contributed by atoms with Gasteiger partial charge in [-0.1, -0.05) is 93.2 Å². The Morgan fingerprint density at radius 3 is 1.61 bits per heavy atom. The van der Waals surface area contributed by atoms with Gasteiger partial charge in [0.1, 0.15) is 5.60 Å². The van der Waals surface area contributed by atoms with E-state index < -0.39 is 30.8 Å². The van der Waals surface area contributed by atoms with Gasteiger partial charge in [0, 0.05) is 6.54 Å². The van der Waals surface area contributed by atoms with E-state index in [-0.39, 0.29) is 16.7 Å². The van der Waals surface area contributed by atoms with Gasteiger partial charge in [-0.2, -0.15) is 0 Å². The van der Waals surface area contributed by atoms with Crippen LogP contribution in [0.1, 0.15) is 110 Å². The van der Waals surface area contributed by atoms with Crippen molar-refractivity contribution in [2.24, 2.45) is 17.1 Å². The van der Waals surface area contributed by atoms with Gasteiger partial charge in [-0.05, 0) is 45.4 Å². The van der Waals surface area contributed by atoms with E-state index >= 15 is 0 Å².